The molecule has 0 bridgehead atoms. The average Bonchev–Trinajstić information content (AvgIpc) is 2.27. The summed E-state index contributed by atoms with van der Waals surface area (Å²) in [6.07, 6.45) is 0.201. The zero-order valence-electron chi connectivity index (χ0n) is 11.6. The lowest BCUT2D eigenvalue weighted by Gasteiger charge is -2.35. The molecule has 100 valence electrons. The lowest BCUT2D eigenvalue weighted by Crippen LogP contribution is -2.34. The van der Waals surface area contributed by atoms with E-state index in [-0.39, 0.29) is 11.7 Å². The summed E-state index contributed by atoms with van der Waals surface area (Å²) in [5.41, 5.74) is 1.65. The van der Waals surface area contributed by atoms with Crippen molar-refractivity contribution in [3.63, 3.8) is 0 Å². The minimum absolute atomic E-state index is 0.0439. The zero-order valence-corrected chi connectivity index (χ0v) is 11.6. The minimum atomic E-state index is -0.461. The van der Waals surface area contributed by atoms with Crippen molar-refractivity contribution in [1.82, 2.24) is 0 Å². The van der Waals surface area contributed by atoms with Crippen molar-refractivity contribution in [1.29, 1.82) is 0 Å². The molecule has 0 aromatic heterocycles. The van der Waals surface area contributed by atoms with E-state index in [4.69, 9.17) is 9.47 Å². The third kappa shape index (κ3) is 2.68. The summed E-state index contributed by atoms with van der Waals surface area (Å²) in [6.45, 7) is 8.68. The monoisotopic (exact) mass is 250 g/mol. The van der Waals surface area contributed by atoms with E-state index < -0.39 is 6.10 Å². The molecule has 18 heavy (non-hydrogen) atoms. The van der Waals surface area contributed by atoms with Crippen LogP contribution >= 0.6 is 0 Å². The van der Waals surface area contributed by atoms with Gasteiger partial charge in [-0.3, -0.25) is 0 Å². The molecule has 0 aliphatic carbocycles. The number of ether oxygens (including phenoxy) is 2. The third-order valence-corrected chi connectivity index (χ3v) is 3.35. The smallest absolute Gasteiger partial charge is 0.125 e. The number of rotatable bonds is 3. The number of benzene rings is 1. The first kappa shape index (κ1) is 13.4. The molecule has 2 rings (SSSR count). The summed E-state index contributed by atoms with van der Waals surface area (Å²) in [5.74, 6) is 0.784. The molecule has 0 unspecified atom stereocenters. The normalized spacial score (nSPS) is 23.1. The average molecular weight is 250 g/mol. The van der Waals surface area contributed by atoms with Crippen LogP contribution in [0.2, 0.25) is 0 Å². The van der Waals surface area contributed by atoms with Gasteiger partial charge in [0.2, 0.25) is 0 Å². The van der Waals surface area contributed by atoms with Crippen molar-refractivity contribution < 1.29 is 14.6 Å². The number of hydrogen-bond donors (Lipinski definition) is 1. The predicted octanol–water partition coefficient (Wildman–Crippen LogP) is 3.38. The van der Waals surface area contributed by atoms with Crippen molar-refractivity contribution >= 4 is 0 Å². The van der Waals surface area contributed by atoms with Crippen LogP contribution in [0.25, 0.3) is 0 Å². The van der Waals surface area contributed by atoms with Crippen LogP contribution in [0.5, 0.6) is 5.75 Å². The maximum Gasteiger partial charge on any atom is 0.125 e. The highest BCUT2D eigenvalue weighted by molar-refractivity contribution is 5.41. The van der Waals surface area contributed by atoms with Crippen molar-refractivity contribution in [3.05, 3.63) is 29.3 Å². The zero-order chi connectivity index (χ0) is 13.3. The lowest BCUT2D eigenvalue weighted by atomic mass is 9.90. The second-order valence-electron chi connectivity index (χ2n) is 5.48. The van der Waals surface area contributed by atoms with E-state index in [1.54, 1.807) is 0 Å². The Labute approximate surface area is 109 Å². The van der Waals surface area contributed by atoms with Crippen molar-refractivity contribution in [2.75, 3.05) is 6.61 Å². The fourth-order valence-corrected chi connectivity index (χ4v) is 2.43. The number of aliphatic hydroxyl groups excluding tert-OH is 1. The second kappa shape index (κ2) is 4.90. The third-order valence-electron chi connectivity index (χ3n) is 3.35. The molecule has 1 heterocycles. The summed E-state index contributed by atoms with van der Waals surface area (Å²) >= 11 is 0. The summed E-state index contributed by atoms with van der Waals surface area (Å²) < 4.78 is 11.5. The van der Waals surface area contributed by atoms with Gasteiger partial charge < -0.3 is 14.6 Å². The molecule has 1 aliphatic heterocycles. The second-order valence-corrected chi connectivity index (χ2v) is 5.48. The Morgan fingerprint density at radius 1 is 1.50 bits per heavy atom. The number of hydrogen-bond acceptors (Lipinski definition) is 3. The molecule has 0 radical (unpaired) electrons. The number of fused-ring (bicyclic) bond motifs is 1. The molecule has 0 saturated carbocycles. The van der Waals surface area contributed by atoms with Crippen LogP contribution in [0.15, 0.2) is 18.2 Å². The fourth-order valence-electron chi connectivity index (χ4n) is 2.43. The van der Waals surface area contributed by atoms with Crippen molar-refractivity contribution in [2.45, 2.75) is 51.9 Å². The molecule has 1 aliphatic rings. The van der Waals surface area contributed by atoms with Gasteiger partial charge >= 0.3 is 0 Å². The Balaban J connectivity index is 2.30. The molecule has 3 nitrogen and oxygen atoms in total. The van der Waals surface area contributed by atoms with E-state index in [2.05, 4.69) is 0 Å². The van der Waals surface area contributed by atoms with E-state index in [1.807, 2.05) is 45.9 Å². The standard InChI is InChI=1S/C15H22O3/c1-5-17-10(2)11-6-7-14-12(8-11)13(16)9-15(3,4)18-14/h6-8,10,13,16H,5,9H2,1-4H3/t10-,13-/m1/s1. The Morgan fingerprint density at radius 2 is 2.22 bits per heavy atom. The molecular formula is C15H22O3. The molecule has 0 fully saturated rings. The van der Waals surface area contributed by atoms with Gasteiger partial charge in [0, 0.05) is 18.6 Å². The lowest BCUT2D eigenvalue weighted by molar-refractivity contribution is 0.0111. The maximum absolute atomic E-state index is 10.2. The molecule has 1 aromatic carbocycles. The Morgan fingerprint density at radius 3 is 2.89 bits per heavy atom. The van der Waals surface area contributed by atoms with E-state index in [0.29, 0.717) is 13.0 Å². The highest BCUT2D eigenvalue weighted by atomic mass is 16.5. The van der Waals surface area contributed by atoms with E-state index in [1.165, 1.54) is 0 Å². The molecule has 0 amide bonds. The van der Waals surface area contributed by atoms with Gasteiger partial charge in [0.1, 0.15) is 11.4 Å². The summed E-state index contributed by atoms with van der Waals surface area (Å²) in [5, 5.41) is 10.2. The van der Waals surface area contributed by atoms with Gasteiger partial charge in [-0.25, -0.2) is 0 Å². The van der Waals surface area contributed by atoms with Gasteiger partial charge in [0.05, 0.1) is 12.2 Å². The predicted molar refractivity (Wildman–Crippen MR) is 70.8 cm³/mol. The Hall–Kier alpha value is -1.06. The first-order valence-electron chi connectivity index (χ1n) is 6.55. The van der Waals surface area contributed by atoms with Crippen LogP contribution < -0.4 is 4.74 Å². The van der Waals surface area contributed by atoms with Crippen LogP contribution in [-0.4, -0.2) is 17.3 Å². The van der Waals surface area contributed by atoms with E-state index in [0.717, 1.165) is 16.9 Å². The van der Waals surface area contributed by atoms with Gasteiger partial charge in [-0.1, -0.05) is 6.07 Å². The minimum Gasteiger partial charge on any atom is -0.487 e. The molecule has 0 spiro atoms. The molecule has 1 N–H and O–H groups in total. The van der Waals surface area contributed by atoms with Crippen LogP contribution in [-0.2, 0) is 4.74 Å². The van der Waals surface area contributed by atoms with Crippen LogP contribution in [0.4, 0.5) is 0 Å². The quantitative estimate of drug-likeness (QED) is 0.893. The SMILES string of the molecule is CCO[C@H](C)c1ccc2c(c1)[C@H](O)CC(C)(C)O2. The largest absolute Gasteiger partial charge is 0.487 e. The first-order chi connectivity index (χ1) is 8.43. The summed E-state index contributed by atoms with van der Waals surface area (Å²) in [4.78, 5) is 0. The molecular weight excluding hydrogens is 228 g/mol. The summed E-state index contributed by atoms with van der Waals surface area (Å²) in [7, 11) is 0. The highest BCUT2D eigenvalue weighted by Gasteiger charge is 2.32. The fraction of sp³-hybridized carbons (Fsp3) is 0.600. The molecule has 3 heteroatoms. The van der Waals surface area contributed by atoms with Crippen LogP contribution in [0.1, 0.15) is 57.5 Å². The van der Waals surface area contributed by atoms with Gasteiger partial charge in [0.25, 0.3) is 0 Å². The van der Waals surface area contributed by atoms with Crippen molar-refractivity contribution in [2.24, 2.45) is 0 Å². The molecule has 1 aromatic rings. The number of aliphatic hydroxyl groups is 1. The van der Waals surface area contributed by atoms with Crippen LogP contribution in [0.3, 0.4) is 0 Å². The van der Waals surface area contributed by atoms with Gasteiger partial charge in [-0.2, -0.15) is 0 Å². The van der Waals surface area contributed by atoms with Gasteiger partial charge in [0.15, 0.2) is 0 Å². The van der Waals surface area contributed by atoms with E-state index in [9.17, 15) is 5.11 Å². The van der Waals surface area contributed by atoms with Gasteiger partial charge in [-0.05, 0) is 45.4 Å². The summed E-state index contributed by atoms with van der Waals surface area (Å²) in [6, 6.07) is 5.94. The molecule has 2 atom stereocenters. The maximum atomic E-state index is 10.2. The topological polar surface area (TPSA) is 38.7 Å². The van der Waals surface area contributed by atoms with Crippen LogP contribution in [0, 0.1) is 0 Å². The Bertz CT molecular complexity index is 426. The Kier molecular flexibility index (Phi) is 3.64. The molecule has 0 saturated heterocycles. The van der Waals surface area contributed by atoms with Gasteiger partial charge in [-0.15, -0.1) is 0 Å². The first-order valence-corrected chi connectivity index (χ1v) is 6.55. The van der Waals surface area contributed by atoms with E-state index >= 15 is 0 Å². The highest BCUT2D eigenvalue weighted by Crippen LogP contribution is 2.40. The van der Waals surface area contributed by atoms with Crippen molar-refractivity contribution in [3.8, 4) is 5.75 Å².